The fourth-order valence-corrected chi connectivity index (χ4v) is 6.88. The van der Waals surface area contributed by atoms with Gasteiger partial charge >= 0.3 is 35.5 Å². The van der Waals surface area contributed by atoms with Crippen LogP contribution < -0.4 is 45.0 Å². The van der Waals surface area contributed by atoms with Crippen LogP contribution in [0.15, 0.2) is 27.7 Å². The Balaban J connectivity index is 0.00000405. The number of pyridine rings is 1. The Labute approximate surface area is 264 Å². The SMILES string of the molecule is C[C@@H](O)[C@H]1C(=O)N2C(C(=O)[O-])=C(COC(=O)c3cn(CCF)c4c(F)c(N5CCN(C)CC5)c(F)cc4c3=O)S[C@H]12.[Na+]. The van der Waals surface area contributed by atoms with Gasteiger partial charge in [0, 0.05) is 32.4 Å². The number of anilines is 1. The number of β-lactam (4-membered cyclic amide) rings is 1. The maximum Gasteiger partial charge on any atom is 1.00 e. The summed E-state index contributed by atoms with van der Waals surface area (Å²) in [5, 5.41) is 20.4. The van der Waals surface area contributed by atoms with Crippen LogP contribution in [-0.2, 0) is 20.9 Å². The van der Waals surface area contributed by atoms with E-state index in [2.05, 4.69) is 0 Å². The van der Waals surface area contributed by atoms with Crippen molar-refractivity contribution in [1.82, 2.24) is 14.4 Å². The van der Waals surface area contributed by atoms with Gasteiger partial charge in [-0.25, -0.2) is 18.0 Å². The van der Waals surface area contributed by atoms with Crippen molar-refractivity contribution < 1.29 is 72.1 Å². The van der Waals surface area contributed by atoms with Gasteiger partial charge in [-0.1, -0.05) is 11.8 Å². The molecule has 1 aromatic heterocycles. The second-order valence-corrected chi connectivity index (χ2v) is 11.3. The molecule has 1 N–H and O–H groups in total. The molecule has 3 aliphatic heterocycles. The minimum Gasteiger partial charge on any atom is -0.543 e. The first-order chi connectivity index (χ1) is 19.5. The number of esters is 1. The number of benzene rings is 1. The Morgan fingerprint density at radius 1 is 1.21 bits per heavy atom. The summed E-state index contributed by atoms with van der Waals surface area (Å²) in [6.07, 6.45) is -0.123. The van der Waals surface area contributed by atoms with Crippen LogP contribution in [0.1, 0.15) is 17.3 Å². The van der Waals surface area contributed by atoms with Crippen molar-refractivity contribution in [3.05, 3.63) is 50.3 Å². The molecule has 3 atom stereocenters. The maximum absolute atomic E-state index is 15.8. The zero-order valence-electron chi connectivity index (χ0n) is 23.1. The van der Waals surface area contributed by atoms with Gasteiger partial charge in [-0.05, 0) is 20.0 Å². The number of aliphatic carboxylic acids is 1. The molecule has 42 heavy (non-hydrogen) atoms. The largest absolute Gasteiger partial charge is 1.00 e. The van der Waals surface area contributed by atoms with Crippen LogP contribution in [0.3, 0.4) is 0 Å². The monoisotopic (exact) mass is 618 g/mol. The summed E-state index contributed by atoms with van der Waals surface area (Å²) in [6, 6.07) is 0.816. The average Bonchev–Trinajstić information content (AvgIpc) is 3.24. The number of carboxylic acid groups (broad SMARTS) is 1. The third-order valence-electron chi connectivity index (χ3n) is 7.49. The molecular weight excluding hydrogens is 592 g/mol. The van der Waals surface area contributed by atoms with E-state index in [1.54, 1.807) is 0 Å². The molecule has 220 valence electrons. The molecule has 1 amide bonds. The number of rotatable bonds is 8. The number of likely N-dealkylation sites (N-methyl/N-ethyl adjacent to an activating group) is 1. The standard InChI is InChI=1S/C26H27F3N4O7S.Na/c1-12(34)17-23(36)33-21(25(37)38)16(41-24(17)33)11-40-26(39)14-10-32(4-3-27)19-13(22(14)35)9-15(28)20(18(19)29)31-7-5-30(2)6-8-31;/h9-10,12,17,24,34H,3-8,11H2,1-2H3,(H,37,38);/q;+1/p-1/t12-,17+,24-;/m1./s1. The van der Waals surface area contributed by atoms with Crippen molar-refractivity contribution in [3.63, 3.8) is 0 Å². The number of carbonyl (C=O) groups is 3. The van der Waals surface area contributed by atoms with E-state index in [1.165, 1.54) is 11.8 Å². The zero-order chi connectivity index (χ0) is 29.7. The molecule has 0 bridgehead atoms. The van der Waals surface area contributed by atoms with Crippen LogP contribution in [0.25, 0.3) is 10.9 Å². The smallest absolute Gasteiger partial charge is 0.543 e. The Kier molecular flexibility index (Phi) is 9.69. The second-order valence-electron chi connectivity index (χ2n) is 10.1. The van der Waals surface area contributed by atoms with Crippen molar-refractivity contribution in [1.29, 1.82) is 0 Å². The molecule has 4 heterocycles. The number of aliphatic hydroxyl groups is 1. The Hall–Kier alpha value is -2.56. The first kappa shape index (κ1) is 32.4. The molecule has 0 radical (unpaired) electrons. The van der Waals surface area contributed by atoms with Crippen LogP contribution in [0.4, 0.5) is 18.9 Å². The molecule has 16 heteroatoms. The quantitative estimate of drug-likeness (QED) is 0.186. The fourth-order valence-electron chi connectivity index (χ4n) is 5.36. The zero-order valence-corrected chi connectivity index (χ0v) is 25.9. The number of aromatic nitrogens is 1. The van der Waals surface area contributed by atoms with E-state index in [9.17, 15) is 33.8 Å². The van der Waals surface area contributed by atoms with Gasteiger partial charge < -0.3 is 34.1 Å². The van der Waals surface area contributed by atoms with Crippen molar-refractivity contribution in [3.8, 4) is 0 Å². The number of carbonyl (C=O) groups excluding carboxylic acids is 3. The van der Waals surface area contributed by atoms with Gasteiger partial charge in [0.05, 0.1) is 46.0 Å². The van der Waals surface area contributed by atoms with Gasteiger partial charge in [0.1, 0.15) is 35.7 Å². The summed E-state index contributed by atoms with van der Waals surface area (Å²) in [4.78, 5) is 54.7. The maximum atomic E-state index is 15.8. The molecule has 2 fully saturated rings. The number of aryl methyl sites for hydroxylation is 1. The number of ether oxygens (including phenoxy) is 1. The molecule has 5 rings (SSSR count). The van der Waals surface area contributed by atoms with Crippen LogP contribution in [-0.4, -0.2) is 95.3 Å². The van der Waals surface area contributed by atoms with Crippen molar-refractivity contribution in [2.75, 3.05) is 51.4 Å². The number of carboxylic acids is 1. The van der Waals surface area contributed by atoms with Crippen molar-refractivity contribution >= 4 is 46.2 Å². The number of thioether (sulfide) groups is 1. The Morgan fingerprint density at radius 2 is 1.88 bits per heavy atom. The van der Waals surface area contributed by atoms with E-state index >= 15 is 8.78 Å². The summed E-state index contributed by atoms with van der Waals surface area (Å²) in [5.41, 5.74) is -2.91. The van der Waals surface area contributed by atoms with Gasteiger partial charge in [-0.15, -0.1) is 0 Å². The minimum absolute atomic E-state index is 0. The number of halogens is 3. The molecule has 3 aliphatic rings. The van der Waals surface area contributed by atoms with Gasteiger partial charge in [-0.2, -0.15) is 0 Å². The van der Waals surface area contributed by atoms with Crippen LogP contribution in [0.5, 0.6) is 0 Å². The summed E-state index contributed by atoms with van der Waals surface area (Å²) < 4.78 is 50.6. The van der Waals surface area contributed by atoms with Gasteiger partial charge in [0.25, 0.3) is 0 Å². The molecule has 1 aromatic carbocycles. The van der Waals surface area contributed by atoms with Crippen molar-refractivity contribution in [2.45, 2.75) is 24.9 Å². The molecule has 0 spiro atoms. The Bertz CT molecular complexity index is 1540. The van der Waals surface area contributed by atoms with E-state index in [-0.39, 0.29) is 45.7 Å². The number of hydrogen-bond donors (Lipinski definition) is 1. The number of fused-ring (bicyclic) bond motifs is 2. The minimum atomic E-state index is -1.69. The third kappa shape index (κ3) is 5.46. The van der Waals surface area contributed by atoms with E-state index < -0.39 is 88.8 Å². The number of nitrogens with zero attached hydrogens (tertiary/aromatic N) is 4. The first-order valence-electron chi connectivity index (χ1n) is 12.8. The normalized spacial score (nSPS) is 21.2. The van der Waals surface area contributed by atoms with Gasteiger partial charge in [0.2, 0.25) is 11.3 Å². The van der Waals surface area contributed by atoms with E-state index in [0.29, 0.717) is 26.2 Å². The predicted octanol–water partition coefficient (Wildman–Crippen LogP) is -2.96. The number of amides is 1. The molecular formula is C26H26F3N4NaO7S. The van der Waals surface area contributed by atoms with E-state index in [1.807, 2.05) is 11.9 Å². The molecule has 0 saturated carbocycles. The molecule has 2 aromatic rings. The predicted molar refractivity (Wildman–Crippen MR) is 140 cm³/mol. The van der Waals surface area contributed by atoms with Crippen LogP contribution in [0.2, 0.25) is 0 Å². The third-order valence-corrected chi connectivity index (χ3v) is 8.84. The summed E-state index contributed by atoms with van der Waals surface area (Å²) in [6.45, 7) is 1.07. The van der Waals surface area contributed by atoms with Crippen LogP contribution in [0, 0.1) is 17.6 Å². The van der Waals surface area contributed by atoms with E-state index in [4.69, 9.17) is 4.74 Å². The summed E-state index contributed by atoms with van der Waals surface area (Å²) >= 11 is 0.898. The van der Waals surface area contributed by atoms with Gasteiger partial charge in [0.15, 0.2) is 5.82 Å². The topological polar surface area (TPSA) is 135 Å². The fraction of sp³-hybridized carbons (Fsp3) is 0.462. The molecule has 2 saturated heterocycles. The summed E-state index contributed by atoms with van der Waals surface area (Å²) in [5.74, 6) is -6.49. The van der Waals surface area contributed by atoms with Gasteiger partial charge in [-0.3, -0.25) is 14.5 Å². The van der Waals surface area contributed by atoms with E-state index in [0.717, 1.165) is 33.5 Å². The number of hydrogen-bond acceptors (Lipinski definition) is 10. The van der Waals surface area contributed by atoms with Crippen LogP contribution >= 0.6 is 11.8 Å². The average molecular weight is 619 g/mol. The number of aliphatic hydroxyl groups excluding tert-OH is 1. The molecule has 0 aliphatic carbocycles. The second kappa shape index (κ2) is 12.6. The number of piperazine rings is 1. The Morgan fingerprint density at radius 3 is 2.48 bits per heavy atom. The summed E-state index contributed by atoms with van der Waals surface area (Å²) in [7, 11) is 1.87. The molecule has 0 unspecified atom stereocenters. The molecule has 11 nitrogen and oxygen atoms in total. The first-order valence-corrected chi connectivity index (χ1v) is 13.7. The van der Waals surface area contributed by atoms with Crippen molar-refractivity contribution in [2.24, 2.45) is 5.92 Å². The number of alkyl halides is 1.